The highest BCUT2D eigenvalue weighted by molar-refractivity contribution is 6.11. The predicted molar refractivity (Wildman–Crippen MR) is 90.2 cm³/mol. The molecule has 8 heteroatoms. The van der Waals surface area contributed by atoms with Crippen LogP contribution in [0.3, 0.4) is 0 Å². The summed E-state index contributed by atoms with van der Waals surface area (Å²) in [5, 5.41) is 3.79. The average Bonchev–Trinajstić information content (AvgIpc) is 3.35. The molecule has 0 aliphatic carbocycles. The van der Waals surface area contributed by atoms with E-state index < -0.39 is 24.3 Å². The van der Waals surface area contributed by atoms with Crippen LogP contribution >= 0.6 is 0 Å². The van der Waals surface area contributed by atoms with Crippen LogP contribution in [0.15, 0.2) is 57.7 Å². The zero-order valence-corrected chi connectivity index (χ0v) is 14.1. The number of esters is 1. The van der Waals surface area contributed by atoms with Crippen molar-refractivity contribution in [2.75, 3.05) is 6.54 Å². The molecule has 0 unspecified atom stereocenters. The van der Waals surface area contributed by atoms with Gasteiger partial charge < -0.3 is 13.7 Å². The molecule has 1 aliphatic heterocycles. The Morgan fingerprint density at radius 3 is 2.81 bits per heavy atom. The van der Waals surface area contributed by atoms with E-state index in [4.69, 9.17) is 13.7 Å². The highest BCUT2D eigenvalue weighted by Gasteiger charge is 2.32. The normalized spacial score (nSPS) is 13.6. The molecule has 0 saturated carbocycles. The lowest BCUT2D eigenvalue weighted by Gasteiger charge is -2.25. The molecule has 0 bridgehead atoms. The number of amides is 2. The standard InChI is InChI=1S/C19H14N2O6/c22-17-8-12-4-1-2-5-14(12)19(24)21(17)10-18(23)26-11-13-9-16(27-20-13)15-6-3-7-25-15/h1-7,9H,8,10-11H2. The second-order valence-electron chi connectivity index (χ2n) is 5.94. The third kappa shape index (κ3) is 3.37. The molecule has 0 spiro atoms. The van der Waals surface area contributed by atoms with E-state index in [1.54, 1.807) is 42.5 Å². The number of furan rings is 1. The molecule has 4 rings (SSSR count). The maximum absolute atomic E-state index is 12.4. The van der Waals surface area contributed by atoms with Gasteiger partial charge in [-0.25, -0.2) is 0 Å². The highest BCUT2D eigenvalue weighted by atomic mass is 16.5. The molecule has 8 nitrogen and oxygen atoms in total. The number of benzene rings is 1. The number of hydrogen-bond acceptors (Lipinski definition) is 7. The van der Waals surface area contributed by atoms with Crippen LogP contribution in [0.1, 0.15) is 21.6 Å². The molecule has 0 radical (unpaired) electrons. The second-order valence-corrected chi connectivity index (χ2v) is 5.94. The topological polar surface area (TPSA) is 103 Å². The van der Waals surface area contributed by atoms with Crippen LogP contribution in [0.2, 0.25) is 0 Å². The fraction of sp³-hybridized carbons (Fsp3) is 0.158. The fourth-order valence-corrected chi connectivity index (χ4v) is 2.80. The van der Waals surface area contributed by atoms with E-state index >= 15 is 0 Å². The maximum Gasteiger partial charge on any atom is 0.326 e. The Kier molecular flexibility index (Phi) is 4.29. The number of aromatic nitrogens is 1. The van der Waals surface area contributed by atoms with Crippen LogP contribution in [0.5, 0.6) is 0 Å². The molecule has 2 aromatic heterocycles. The van der Waals surface area contributed by atoms with Crippen molar-refractivity contribution >= 4 is 17.8 Å². The first-order valence-electron chi connectivity index (χ1n) is 8.19. The van der Waals surface area contributed by atoms with Gasteiger partial charge in [-0.3, -0.25) is 19.3 Å². The smallest absolute Gasteiger partial charge is 0.326 e. The quantitative estimate of drug-likeness (QED) is 0.504. The Bertz CT molecular complexity index is 1000. The molecule has 0 N–H and O–H groups in total. The van der Waals surface area contributed by atoms with E-state index in [0.717, 1.165) is 4.90 Å². The van der Waals surface area contributed by atoms with Gasteiger partial charge in [0.05, 0.1) is 12.7 Å². The minimum Gasteiger partial charge on any atom is -0.461 e. The van der Waals surface area contributed by atoms with E-state index in [-0.39, 0.29) is 13.0 Å². The zero-order chi connectivity index (χ0) is 18.8. The van der Waals surface area contributed by atoms with Gasteiger partial charge in [-0.05, 0) is 23.8 Å². The summed E-state index contributed by atoms with van der Waals surface area (Å²) in [6.07, 6.45) is 1.58. The Morgan fingerprint density at radius 1 is 1.15 bits per heavy atom. The molecule has 3 aromatic rings. The number of ether oxygens (including phenoxy) is 1. The summed E-state index contributed by atoms with van der Waals surface area (Å²) in [7, 11) is 0. The summed E-state index contributed by atoms with van der Waals surface area (Å²) >= 11 is 0. The van der Waals surface area contributed by atoms with Gasteiger partial charge in [-0.2, -0.15) is 0 Å². The van der Waals surface area contributed by atoms with Crippen LogP contribution in [0.25, 0.3) is 11.5 Å². The van der Waals surface area contributed by atoms with Crippen LogP contribution in [0.4, 0.5) is 0 Å². The lowest BCUT2D eigenvalue weighted by Crippen LogP contribution is -2.45. The van der Waals surface area contributed by atoms with Gasteiger partial charge in [0.1, 0.15) is 18.8 Å². The molecule has 2 amide bonds. The third-order valence-electron chi connectivity index (χ3n) is 4.13. The van der Waals surface area contributed by atoms with Gasteiger partial charge in [0.15, 0.2) is 5.76 Å². The van der Waals surface area contributed by atoms with Crippen molar-refractivity contribution in [1.29, 1.82) is 0 Å². The van der Waals surface area contributed by atoms with Crippen molar-refractivity contribution < 1.29 is 28.1 Å². The Balaban J connectivity index is 1.37. The first kappa shape index (κ1) is 16.8. The Hall–Kier alpha value is -3.68. The van der Waals surface area contributed by atoms with Crippen molar-refractivity contribution in [3.8, 4) is 11.5 Å². The first-order valence-corrected chi connectivity index (χ1v) is 8.19. The Morgan fingerprint density at radius 2 is 2.00 bits per heavy atom. The van der Waals surface area contributed by atoms with Crippen LogP contribution in [-0.2, 0) is 27.4 Å². The number of hydrogen-bond donors (Lipinski definition) is 0. The molecule has 0 atom stereocenters. The zero-order valence-electron chi connectivity index (χ0n) is 14.1. The van der Waals surface area contributed by atoms with E-state index in [1.807, 2.05) is 0 Å². The van der Waals surface area contributed by atoms with Crippen molar-refractivity contribution in [3.05, 3.63) is 65.5 Å². The molecule has 136 valence electrons. The summed E-state index contributed by atoms with van der Waals surface area (Å²) in [4.78, 5) is 37.6. The summed E-state index contributed by atoms with van der Waals surface area (Å²) in [6, 6.07) is 11.8. The van der Waals surface area contributed by atoms with Crippen LogP contribution in [0, 0.1) is 0 Å². The summed E-state index contributed by atoms with van der Waals surface area (Å²) in [5.41, 5.74) is 1.46. The number of nitrogens with zero attached hydrogens (tertiary/aromatic N) is 2. The van der Waals surface area contributed by atoms with Gasteiger partial charge in [0.25, 0.3) is 5.91 Å². The van der Waals surface area contributed by atoms with E-state index in [1.165, 1.54) is 6.26 Å². The molecule has 3 heterocycles. The molecule has 0 saturated heterocycles. The number of carbonyl (C=O) groups excluding carboxylic acids is 3. The number of imide groups is 1. The molecule has 27 heavy (non-hydrogen) atoms. The maximum atomic E-state index is 12.4. The van der Waals surface area contributed by atoms with Crippen molar-refractivity contribution in [1.82, 2.24) is 10.1 Å². The van der Waals surface area contributed by atoms with Gasteiger partial charge in [-0.15, -0.1) is 0 Å². The largest absolute Gasteiger partial charge is 0.461 e. The molecule has 1 aromatic carbocycles. The van der Waals surface area contributed by atoms with Gasteiger partial charge in [-0.1, -0.05) is 23.4 Å². The van der Waals surface area contributed by atoms with Crippen LogP contribution in [-0.4, -0.2) is 34.4 Å². The first-order chi connectivity index (χ1) is 13.1. The molecular weight excluding hydrogens is 352 g/mol. The summed E-state index contributed by atoms with van der Waals surface area (Å²) < 4.78 is 15.4. The van der Waals surface area contributed by atoms with Crippen molar-refractivity contribution in [2.24, 2.45) is 0 Å². The predicted octanol–water partition coefficient (Wildman–Crippen LogP) is 2.20. The number of carbonyl (C=O) groups is 3. The van der Waals surface area contributed by atoms with Gasteiger partial charge >= 0.3 is 5.97 Å². The monoisotopic (exact) mass is 366 g/mol. The fourth-order valence-electron chi connectivity index (χ4n) is 2.80. The Labute approximate surface area is 153 Å². The molecule has 1 aliphatic rings. The SMILES string of the molecule is O=C(CN1C(=O)Cc2ccccc2C1=O)OCc1cc(-c2ccco2)on1. The van der Waals surface area contributed by atoms with Crippen molar-refractivity contribution in [2.45, 2.75) is 13.0 Å². The van der Waals surface area contributed by atoms with E-state index in [9.17, 15) is 14.4 Å². The molecule has 0 fully saturated rings. The van der Waals surface area contributed by atoms with Crippen molar-refractivity contribution in [3.63, 3.8) is 0 Å². The minimum atomic E-state index is -0.710. The number of rotatable bonds is 5. The lowest BCUT2D eigenvalue weighted by molar-refractivity contribution is -0.149. The van der Waals surface area contributed by atoms with E-state index in [2.05, 4.69) is 5.16 Å². The average molecular weight is 366 g/mol. The minimum absolute atomic E-state index is 0.0744. The van der Waals surface area contributed by atoms with Crippen LogP contribution < -0.4 is 0 Å². The number of fused-ring (bicyclic) bond motifs is 1. The summed E-state index contributed by atoms with van der Waals surface area (Å²) in [5.74, 6) is -0.733. The highest BCUT2D eigenvalue weighted by Crippen LogP contribution is 2.21. The molecular formula is C19H14N2O6. The van der Waals surface area contributed by atoms with Gasteiger partial charge in [0.2, 0.25) is 11.7 Å². The van der Waals surface area contributed by atoms with Gasteiger partial charge in [0, 0.05) is 11.6 Å². The third-order valence-corrected chi connectivity index (χ3v) is 4.13. The second kappa shape index (κ2) is 6.91. The lowest BCUT2D eigenvalue weighted by atomic mass is 9.98. The summed E-state index contributed by atoms with van der Waals surface area (Å²) in [6.45, 7) is -0.593. The van der Waals surface area contributed by atoms with E-state index in [0.29, 0.717) is 28.3 Å².